The molecule has 0 saturated carbocycles. The second-order valence-electron chi connectivity index (χ2n) is 9.88. The van der Waals surface area contributed by atoms with Gasteiger partial charge in [0, 0.05) is 31.9 Å². The lowest BCUT2D eigenvalue weighted by molar-refractivity contribution is 0.0691. The highest BCUT2D eigenvalue weighted by Gasteiger charge is 2.25. The molecule has 3 aromatic heterocycles. The predicted molar refractivity (Wildman–Crippen MR) is 147 cm³/mol. The number of aryl methyl sites for hydroxylation is 2. The summed E-state index contributed by atoms with van der Waals surface area (Å²) in [5.41, 5.74) is 3.36. The highest BCUT2D eigenvalue weighted by molar-refractivity contribution is 6.29. The summed E-state index contributed by atoms with van der Waals surface area (Å²) in [6, 6.07) is 8.93. The van der Waals surface area contributed by atoms with Crippen molar-refractivity contribution in [3.8, 4) is 0 Å². The molecular formula is C27H30ClN7O3. The van der Waals surface area contributed by atoms with Crippen LogP contribution in [0.15, 0.2) is 41.3 Å². The third-order valence-corrected chi connectivity index (χ3v) is 7.31. The second kappa shape index (κ2) is 10.1. The molecule has 198 valence electrons. The summed E-state index contributed by atoms with van der Waals surface area (Å²) in [5.74, 6) is -0.562. The minimum atomic E-state index is -1.18. The van der Waals surface area contributed by atoms with Crippen LogP contribution in [0.2, 0.25) is 5.15 Å². The Balaban J connectivity index is 1.50. The number of piperidine rings is 1. The summed E-state index contributed by atoms with van der Waals surface area (Å²) >= 11 is 5.92. The van der Waals surface area contributed by atoms with Crippen LogP contribution in [0.25, 0.3) is 10.9 Å². The van der Waals surface area contributed by atoms with Gasteiger partial charge in [-0.2, -0.15) is 5.10 Å². The zero-order valence-corrected chi connectivity index (χ0v) is 22.5. The molecule has 1 aliphatic heterocycles. The van der Waals surface area contributed by atoms with E-state index in [9.17, 15) is 14.7 Å². The SMILES string of the molecule is Cc1cc([C@@H](C)Nc2ccc(Cl)nc2C(=O)O)c2nc(N3CCC(n4ccc(C)n4)CC3)n(C)c(=O)c2c1. The number of hydrogen-bond acceptors (Lipinski definition) is 7. The summed E-state index contributed by atoms with van der Waals surface area (Å²) in [5, 5.41) is 18.0. The summed E-state index contributed by atoms with van der Waals surface area (Å²) in [4.78, 5) is 36.4. The molecule has 1 atom stereocenters. The molecule has 0 unspecified atom stereocenters. The van der Waals surface area contributed by atoms with Crippen molar-refractivity contribution in [2.45, 2.75) is 45.7 Å². The van der Waals surface area contributed by atoms with Crippen molar-refractivity contribution in [3.63, 3.8) is 0 Å². The van der Waals surface area contributed by atoms with Crippen molar-refractivity contribution in [3.05, 3.63) is 74.6 Å². The van der Waals surface area contributed by atoms with Gasteiger partial charge in [-0.3, -0.25) is 14.0 Å². The van der Waals surface area contributed by atoms with E-state index in [4.69, 9.17) is 16.6 Å². The van der Waals surface area contributed by atoms with Crippen LogP contribution < -0.4 is 15.8 Å². The maximum atomic E-state index is 13.5. The molecule has 38 heavy (non-hydrogen) atoms. The summed E-state index contributed by atoms with van der Waals surface area (Å²) in [6.45, 7) is 7.33. The first kappa shape index (κ1) is 25.7. The molecule has 1 aromatic carbocycles. The van der Waals surface area contributed by atoms with Crippen molar-refractivity contribution in [1.82, 2.24) is 24.3 Å². The molecule has 1 saturated heterocycles. The molecular weight excluding hydrogens is 506 g/mol. The summed E-state index contributed by atoms with van der Waals surface area (Å²) in [6.07, 6.45) is 3.82. The van der Waals surface area contributed by atoms with Gasteiger partial charge in [0.15, 0.2) is 5.69 Å². The molecule has 5 rings (SSSR count). The van der Waals surface area contributed by atoms with Crippen LogP contribution >= 0.6 is 11.6 Å². The van der Waals surface area contributed by atoms with Gasteiger partial charge in [-0.05, 0) is 63.4 Å². The summed E-state index contributed by atoms with van der Waals surface area (Å²) in [7, 11) is 1.76. The fraction of sp³-hybridized carbons (Fsp3) is 0.370. The van der Waals surface area contributed by atoms with Gasteiger partial charge in [0.1, 0.15) is 5.15 Å². The highest BCUT2D eigenvalue weighted by Crippen LogP contribution is 2.30. The Hall–Kier alpha value is -3.92. The van der Waals surface area contributed by atoms with Crippen molar-refractivity contribution < 1.29 is 9.90 Å². The molecule has 0 radical (unpaired) electrons. The molecule has 1 aliphatic rings. The number of fused-ring (bicyclic) bond motifs is 1. The van der Waals surface area contributed by atoms with E-state index in [1.165, 1.54) is 6.07 Å². The maximum absolute atomic E-state index is 13.5. The van der Waals surface area contributed by atoms with E-state index < -0.39 is 5.97 Å². The van der Waals surface area contributed by atoms with Crippen LogP contribution in [0.1, 0.15) is 59.2 Å². The summed E-state index contributed by atoms with van der Waals surface area (Å²) < 4.78 is 3.65. The van der Waals surface area contributed by atoms with Crippen LogP contribution in [0, 0.1) is 13.8 Å². The van der Waals surface area contributed by atoms with E-state index in [1.54, 1.807) is 17.7 Å². The molecule has 0 spiro atoms. The van der Waals surface area contributed by atoms with Crippen molar-refractivity contribution in [2.75, 3.05) is 23.3 Å². The quantitative estimate of drug-likeness (QED) is 0.346. The van der Waals surface area contributed by atoms with Gasteiger partial charge in [0.25, 0.3) is 5.56 Å². The van der Waals surface area contributed by atoms with Crippen LogP contribution in [0.5, 0.6) is 0 Å². The topological polar surface area (TPSA) is 118 Å². The molecule has 0 aliphatic carbocycles. The monoisotopic (exact) mass is 535 g/mol. The molecule has 11 heteroatoms. The van der Waals surface area contributed by atoms with Gasteiger partial charge in [-0.1, -0.05) is 17.7 Å². The number of pyridine rings is 1. The van der Waals surface area contributed by atoms with Gasteiger partial charge in [-0.15, -0.1) is 0 Å². The van der Waals surface area contributed by atoms with Gasteiger partial charge in [-0.25, -0.2) is 14.8 Å². The van der Waals surface area contributed by atoms with Crippen LogP contribution in [0.4, 0.5) is 11.6 Å². The number of carbonyl (C=O) groups is 1. The Labute approximate surface area is 224 Å². The van der Waals surface area contributed by atoms with E-state index in [1.807, 2.05) is 49.8 Å². The number of anilines is 2. The number of rotatable bonds is 6. The number of aromatic nitrogens is 5. The predicted octanol–water partition coefficient (Wildman–Crippen LogP) is 4.51. The van der Waals surface area contributed by atoms with E-state index >= 15 is 0 Å². The lowest BCUT2D eigenvalue weighted by Gasteiger charge is -2.33. The smallest absolute Gasteiger partial charge is 0.356 e. The molecule has 4 heterocycles. The Kier molecular flexibility index (Phi) is 6.83. The zero-order valence-electron chi connectivity index (χ0n) is 21.8. The standard InChI is InChI=1S/C27H30ClN7O3/c1-15-13-19(17(3)29-21-5-6-22(28)30-24(21)26(37)38)23-20(14-15)25(36)33(4)27(31-23)34-10-8-18(9-11-34)35-12-7-16(2)32-35/h5-7,12-14,17-18,29H,8-11H2,1-4H3,(H,37,38)/t17-/m1/s1. The van der Waals surface area contributed by atoms with Crippen molar-refractivity contribution in [1.29, 1.82) is 0 Å². The number of hydrogen-bond donors (Lipinski definition) is 2. The van der Waals surface area contributed by atoms with Gasteiger partial charge >= 0.3 is 5.97 Å². The first-order valence-corrected chi connectivity index (χ1v) is 12.9. The molecule has 0 bridgehead atoms. The third-order valence-electron chi connectivity index (χ3n) is 7.10. The zero-order chi connectivity index (χ0) is 27.1. The fourth-order valence-electron chi connectivity index (χ4n) is 5.15. The van der Waals surface area contributed by atoms with Crippen LogP contribution in [-0.2, 0) is 7.05 Å². The average Bonchev–Trinajstić information content (AvgIpc) is 3.33. The molecule has 1 fully saturated rings. The Morgan fingerprint density at radius 1 is 1.16 bits per heavy atom. The number of nitrogens with zero attached hydrogens (tertiary/aromatic N) is 6. The first-order valence-electron chi connectivity index (χ1n) is 12.6. The largest absolute Gasteiger partial charge is 0.476 e. The maximum Gasteiger partial charge on any atom is 0.356 e. The number of carboxylic acids is 1. The van der Waals surface area contributed by atoms with E-state index in [0.29, 0.717) is 28.6 Å². The Morgan fingerprint density at radius 2 is 1.89 bits per heavy atom. The molecule has 0 amide bonds. The molecule has 2 N–H and O–H groups in total. The fourth-order valence-corrected chi connectivity index (χ4v) is 5.29. The number of nitrogens with one attached hydrogen (secondary N) is 1. The van der Waals surface area contributed by atoms with Gasteiger partial charge < -0.3 is 15.3 Å². The number of aromatic carboxylic acids is 1. The lowest BCUT2D eigenvalue weighted by Crippen LogP contribution is -2.39. The second-order valence-corrected chi connectivity index (χ2v) is 10.3. The van der Waals surface area contributed by atoms with E-state index in [-0.39, 0.29) is 22.4 Å². The van der Waals surface area contributed by atoms with Crippen LogP contribution in [0.3, 0.4) is 0 Å². The van der Waals surface area contributed by atoms with E-state index in [2.05, 4.69) is 20.3 Å². The van der Waals surface area contributed by atoms with Gasteiger partial charge in [0.05, 0.1) is 34.4 Å². The highest BCUT2D eigenvalue weighted by atomic mass is 35.5. The first-order chi connectivity index (χ1) is 18.1. The van der Waals surface area contributed by atoms with Crippen molar-refractivity contribution in [2.24, 2.45) is 7.05 Å². The minimum absolute atomic E-state index is 0.0999. The van der Waals surface area contributed by atoms with Crippen LogP contribution in [-0.4, -0.2) is 48.5 Å². The lowest BCUT2D eigenvalue weighted by atomic mass is 10.0. The Bertz CT molecular complexity index is 1590. The average molecular weight is 536 g/mol. The van der Waals surface area contributed by atoms with Gasteiger partial charge in [0.2, 0.25) is 5.95 Å². The normalized spacial score (nSPS) is 15.1. The minimum Gasteiger partial charge on any atom is -0.476 e. The number of halogens is 1. The van der Waals surface area contributed by atoms with Crippen molar-refractivity contribution >= 4 is 40.1 Å². The molecule has 10 nitrogen and oxygen atoms in total. The Morgan fingerprint density at radius 3 is 2.55 bits per heavy atom. The van der Waals surface area contributed by atoms with E-state index in [0.717, 1.165) is 42.8 Å². The third kappa shape index (κ3) is 4.83. The number of benzene rings is 1. The number of carboxylic acid groups (broad SMARTS) is 1. The molecule has 4 aromatic rings.